The first-order valence-electron chi connectivity index (χ1n) is 8.82. The topological polar surface area (TPSA) is 37.4 Å². The summed E-state index contributed by atoms with van der Waals surface area (Å²) >= 11 is 13.4. The van der Waals surface area contributed by atoms with Crippen molar-refractivity contribution < 1.29 is 9.59 Å². The monoisotopic (exact) mass is 465 g/mol. The van der Waals surface area contributed by atoms with Crippen LogP contribution in [0.25, 0.3) is 0 Å². The van der Waals surface area contributed by atoms with E-state index < -0.39 is 10.0 Å². The second-order valence-electron chi connectivity index (χ2n) is 6.93. The fourth-order valence-corrected chi connectivity index (χ4v) is 7.00. The Bertz CT molecular complexity index is 982. The quantitative estimate of drug-likeness (QED) is 0.390. The summed E-state index contributed by atoms with van der Waals surface area (Å²) in [6, 6.07) is 18.8. The van der Waals surface area contributed by atoms with E-state index in [1.165, 1.54) is 16.2 Å². The number of Topliss-reactive ketones (excluding diaryl/α,β-unsaturated/α-hetero) is 1. The molecule has 3 rings (SSSR count). The Morgan fingerprint density at radius 2 is 1.28 bits per heavy atom. The van der Waals surface area contributed by atoms with Gasteiger partial charge in [0.2, 0.25) is 0 Å². The van der Waals surface area contributed by atoms with Crippen LogP contribution in [0.4, 0.5) is 0 Å². The van der Waals surface area contributed by atoms with Gasteiger partial charge in [0, 0.05) is 29.9 Å². The molecule has 0 atom stereocenters. The Labute approximate surface area is 186 Å². The lowest BCUT2D eigenvalue weighted by Gasteiger charge is -2.36. The number of amides is 1. The summed E-state index contributed by atoms with van der Waals surface area (Å²) in [5.41, 5.74) is 0. The third kappa shape index (κ3) is 4.86. The minimum Gasteiger partial charge on any atom is -0.344 e. The van der Waals surface area contributed by atoms with Crippen LogP contribution in [-0.4, -0.2) is 42.7 Å². The molecule has 0 saturated heterocycles. The Kier molecular flexibility index (Phi) is 6.74. The van der Waals surface area contributed by atoms with Crippen LogP contribution in [0.5, 0.6) is 0 Å². The minimum atomic E-state index is -1.66. The van der Waals surface area contributed by atoms with E-state index in [1.54, 1.807) is 26.2 Å². The Morgan fingerprint density at radius 3 is 1.72 bits per heavy atom. The van der Waals surface area contributed by atoms with Gasteiger partial charge in [-0.3, -0.25) is 9.59 Å². The minimum absolute atomic E-state index is 0.0233. The van der Waals surface area contributed by atoms with Crippen molar-refractivity contribution in [2.75, 3.05) is 26.1 Å². The summed E-state index contributed by atoms with van der Waals surface area (Å²) in [7, 11) is 1.74. The molecular weight excluding hydrogens is 445 g/mol. The summed E-state index contributed by atoms with van der Waals surface area (Å²) in [5, 5.41) is 1.31. The molecule has 2 aromatic carbocycles. The maximum atomic E-state index is 13.2. The van der Waals surface area contributed by atoms with Crippen LogP contribution in [0.1, 0.15) is 19.3 Å². The number of thiophene rings is 1. The molecule has 0 saturated carbocycles. The predicted molar refractivity (Wildman–Crippen MR) is 124 cm³/mol. The average molecular weight is 466 g/mol. The predicted octanol–water partition coefficient (Wildman–Crippen LogP) is 6.49. The van der Waals surface area contributed by atoms with Crippen LogP contribution < -0.4 is 0 Å². The van der Waals surface area contributed by atoms with Crippen molar-refractivity contribution in [2.24, 2.45) is 0 Å². The number of hydrogen-bond donors (Lipinski definition) is 0. The number of carbonyl (C=O) groups is 2. The number of nitrogens with zero attached hydrogens (tertiary/aromatic N) is 1. The van der Waals surface area contributed by atoms with Crippen molar-refractivity contribution in [3.8, 4) is 0 Å². The van der Waals surface area contributed by atoms with E-state index in [0.717, 1.165) is 9.79 Å². The van der Waals surface area contributed by atoms with Gasteiger partial charge in [-0.25, -0.2) is 0 Å². The number of carbonyl (C=O) groups excluding carboxylic acids is 2. The molecule has 1 aromatic heterocycles. The van der Waals surface area contributed by atoms with E-state index in [4.69, 9.17) is 23.2 Å². The molecule has 0 aliphatic carbocycles. The molecule has 0 aliphatic heterocycles. The maximum Gasteiger partial charge on any atom is 0.263 e. The molecule has 1 amide bonds. The summed E-state index contributed by atoms with van der Waals surface area (Å²) in [6.07, 6.45) is 2.12. The second-order valence-corrected chi connectivity index (χ2v) is 12.3. The normalized spacial score (nSPS) is 11.9. The molecule has 29 heavy (non-hydrogen) atoms. The van der Waals surface area contributed by atoms with Crippen molar-refractivity contribution in [3.05, 3.63) is 80.5 Å². The van der Waals surface area contributed by atoms with Crippen molar-refractivity contribution in [3.63, 3.8) is 0 Å². The SMILES string of the molecule is CN(C)C(=O)c1ccc(C(=O)CS(C)(c2ccc(Cl)cc2)c2ccc(Cl)cc2)s1. The Hall–Kier alpha value is -1.79. The smallest absolute Gasteiger partial charge is 0.263 e. The molecular formula is C22H21Cl2NO2S2. The molecule has 152 valence electrons. The molecule has 7 heteroatoms. The van der Waals surface area contributed by atoms with Crippen LogP contribution in [0.2, 0.25) is 10.0 Å². The third-order valence-corrected chi connectivity index (χ3v) is 9.67. The van der Waals surface area contributed by atoms with Gasteiger partial charge in [0.1, 0.15) is 0 Å². The number of hydrogen-bond acceptors (Lipinski definition) is 3. The maximum absolute atomic E-state index is 13.2. The molecule has 3 aromatic rings. The van der Waals surface area contributed by atoms with Crippen LogP contribution in [0, 0.1) is 0 Å². The highest BCUT2D eigenvalue weighted by Crippen LogP contribution is 2.60. The summed E-state index contributed by atoms with van der Waals surface area (Å²) in [5.74, 6) is 0.265. The summed E-state index contributed by atoms with van der Waals surface area (Å²) in [4.78, 5) is 30.2. The standard InChI is InChI=1S/C22H21Cl2NO2S2/c1-25(2)22(27)21-13-12-20(28-21)19(26)14-29(3,17-8-4-15(23)5-9-17)18-10-6-16(24)7-11-18/h4-13H,14H2,1-3H3. The van der Waals surface area contributed by atoms with Gasteiger partial charge in [0.25, 0.3) is 5.91 Å². The van der Waals surface area contributed by atoms with Gasteiger partial charge >= 0.3 is 0 Å². The third-order valence-electron chi connectivity index (χ3n) is 4.59. The van der Waals surface area contributed by atoms with Crippen molar-refractivity contribution in [1.29, 1.82) is 0 Å². The zero-order valence-electron chi connectivity index (χ0n) is 16.3. The molecule has 0 unspecified atom stereocenters. The highest BCUT2D eigenvalue weighted by molar-refractivity contribution is 8.33. The zero-order valence-corrected chi connectivity index (χ0v) is 19.5. The highest BCUT2D eigenvalue weighted by atomic mass is 35.5. The van der Waals surface area contributed by atoms with Gasteiger partial charge in [0.05, 0.1) is 9.75 Å². The van der Waals surface area contributed by atoms with E-state index in [2.05, 4.69) is 6.26 Å². The lowest BCUT2D eigenvalue weighted by Crippen LogP contribution is -2.20. The average Bonchev–Trinajstić information content (AvgIpc) is 3.18. The molecule has 0 radical (unpaired) electrons. The number of rotatable bonds is 6. The fourth-order valence-electron chi connectivity index (χ4n) is 2.93. The highest BCUT2D eigenvalue weighted by Gasteiger charge is 2.28. The summed E-state index contributed by atoms with van der Waals surface area (Å²) in [6.45, 7) is 0. The number of halogens is 2. The van der Waals surface area contributed by atoms with Gasteiger partial charge in [-0.15, -0.1) is 11.3 Å². The van der Waals surface area contributed by atoms with Gasteiger partial charge in [-0.2, -0.15) is 10.0 Å². The van der Waals surface area contributed by atoms with E-state index in [1.807, 2.05) is 48.5 Å². The van der Waals surface area contributed by atoms with Gasteiger partial charge in [0.15, 0.2) is 5.78 Å². The van der Waals surface area contributed by atoms with E-state index in [0.29, 0.717) is 25.6 Å². The molecule has 3 nitrogen and oxygen atoms in total. The molecule has 0 N–H and O–H groups in total. The van der Waals surface area contributed by atoms with E-state index in [9.17, 15) is 9.59 Å². The molecule has 0 spiro atoms. The lowest BCUT2D eigenvalue weighted by atomic mass is 10.3. The fraction of sp³-hybridized carbons (Fsp3) is 0.182. The van der Waals surface area contributed by atoms with Crippen LogP contribution in [-0.2, 0) is 0 Å². The molecule has 0 bridgehead atoms. The van der Waals surface area contributed by atoms with E-state index in [-0.39, 0.29) is 11.7 Å². The molecule has 0 fully saturated rings. The van der Waals surface area contributed by atoms with Crippen LogP contribution in [0.15, 0.2) is 70.5 Å². The lowest BCUT2D eigenvalue weighted by molar-refractivity contribution is 0.0832. The van der Waals surface area contributed by atoms with Crippen molar-refractivity contribution in [1.82, 2.24) is 4.90 Å². The number of benzene rings is 2. The van der Waals surface area contributed by atoms with Crippen LogP contribution >= 0.6 is 44.6 Å². The number of ketones is 1. The Balaban J connectivity index is 1.97. The first-order valence-corrected chi connectivity index (χ1v) is 12.6. The van der Waals surface area contributed by atoms with Crippen molar-refractivity contribution >= 4 is 56.3 Å². The Morgan fingerprint density at radius 1 is 0.828 bits per heavy atom. The van der Waals surface area contributed by atoms with Gasteiger partial charge in [-0.05, 0) is 76.7 Å². The molecule has 0 aliphatic rings. The first kappa shape index (κ1) is 21.9. The summed E-state index contributed by atoms with van der Waals surface area (Å²) < 4.78 is 0. The zero-order chi connectivity index (χ0) is 21.2. The van der Waals surface area contributed by atoms with Crippen LogP contribution in [0.3, 0.4) is 0 Å². The van der Waals surface area contributed by atoms with Gasteiger partial charge in [-0.1, -0.05) is 23.2 Å². The molecule has 1 heterocycles. The first-order chi connectivity index (χ1) is 13.7. The van der Waals surface area contributed by atoms with E-state index >= 15 is 0 Å². The van der Waals surface area contributed by atoms with Gasteiger partial charge < -0.3 is 4.90 Å². The largest absolute Gasteiger partial charge is 0.344 e. The van der Waals surface area contributed by atoms with Crippen molar-refractivity contribution in [2.45, 2.75) is 9.79 Å². The second kappa shape index (κ2) is 8.92.